The van der Waals surface area contributed by atoms with Gasteiger partial charge in [0.15, 0.2) is 5.60 Å². The van der Waals surface area contributed by atoms with Gasteiger partial charge < -0.3 is 14.4 Å². The normalized spacial score (nSPS) is 19.0. The predicted molar refractivity (Wildman–Crippen MR) is 139 cm³/mol. The van der Waals surface area contributed by atoms with E-state index in [0.29, 0.717) is 23.4 Å². The molecule has 1 aromatic carbocycles. The molecule has 4 heterocycles. The number of pyridine rings is 2. The first-order valence-electron chi connectivity index (χ1n) is 12.4. The van der Waals surface area contributed by atoms with Crippen LogP contribution in [0.4, 0.5) is 0 Å². The fraction of sp³-hybridized carbons (Fsp3) is 0.407. The van der Waals surface area contributed by atoms with E-state index >= 15 is 0 Å². The molecule has 2 atom stereocenters. The minimum absolute atomic E-state index is 0.0689. The largest absolute Gasteiger partial charge is 0.458 e. The average Bonchev–Trinajstić information content (AvgIpc) is 3.21. The zero-order chi connectivity index (χ0) is 26.7. The summed E-state index contributed by atoms with van der Waals surface area (Å²) in [6.45, 7) is 10.4. The van der Waals surface area contributed by atoms with Crippen molar-refractivity contribution in [1.29, 1.82) is 0 Å². The van der Waals surface area contributed by atoms with Crippen molar-refractivity contribution in [3.8, 4) is 17.1 Å². The summed E-state index contributed by atoms with van der Waals surface area (Å²) in [5, 5.41) is 11.8. The molecule has 3 aromatic rings. The summed E-state index contributed by atoms with van der Waals surface area (Å²) in [5.74, 6) is -0.929. The highest BCUT2D eigenvalue weighted by Crippen LogP contribution is 2.39. The van der Waals surface area contributed by atoms with Gasteiger partial charge in [0.2, 0.25) is 5.75 Å². The van der Waals surface area contributed by atoms with Crippen LogP contribution in [0.25, 0.3) is 22.3 Å². The second-order valence-corrected chi connectivity index (χ2v) is 16.7. The highest BCUT2D eigenvalue weighted by atomic mass is 28.3. The molecule has 0 aliphatic carbocycles. The summed E-state index contributed by atoms with van der Waals surface area (Å²) in [6.07, 6.45) is 0.340. The molecule has 0 fully saturated rings. The van der Waals surface area contributed by atoms with Gasteiger partial charge >= 0.3 is 11.9 Å². The Bertz CT molecular complexity index is 1510. The van der Waals surface area contributed by atoms with Crippen molar-refractivity contribution < 1.29 is 29.2 Å². The Morgan fingerprint density at radius 2 is 2.03 bits per heavy atom. The molecule has 0 bridgehead atoms. The molecule has 0 amide bonds. The number of aromatic nitrogens is 2. The van der Waals surface area contributed by atoms with Gasteiger partial charge in [-0.2, -0.15) is 0 Å². The SMILES string of the molecule is CC[C@@]1(O)C(=O)OCc2c1cc1n(c2=O)Cc2cc3cccc(OOC(=O)CC(C)[Si](C)(C)C)c3nc2-1. The summed E-state index contributed by atoms with van der Waals surface area (Å²) in [5.41, 5.74) is 0.872. The summed E-state index contributed by atoms with van der Waals surface area (Å²) in [7, 11) is -1.50. The molecule has 0 spiro atoms. The van der Waals surface area contributed by atoms with Crippen LogP contribution in [0.3, 0.4) is 0 Å². The van der Waals surface area contributed by atoms with Crippen LogP contribution in [0, 0.1) is 0 Å². The fourth-order valence-corrected chi connectivity index (χ4v) is 5.51. The summed E-state index contributed by atoms with van der Waals surface area (Å²) < 4.78 is 6.69. The van der Waals surface area contributed by atoms with Crippen molar-refractivity contribution in [2.75, 3.05) is 0 Å². The number of nitrogens with zero attached hydrogens (tertiary/aromatic N) is 2. The van der Waals surface area contributed by atoms with Gasteiger partial charge in [0.05, 0.1) is 29.9 Å². The maximum atomic E-state index is 13.3. The van der Waals surface area contributed by atoms with Gasteiger partial charge in [0.25, 0.3) is 5.56 Å². The quantitative estimate of drug-likeness (QED) is 0.175. The first-order valence-corrected chi connectivity index (χ1v) is 16.0. The molecule has 9 nitrogen and oxygen atoms in total. The first-order chi connectivity index (χ1) is 17.4. The maximum Gasteiger partial charge on any atom is 0.355 e. The Morgan fingerprint density at radius 3 is 2.73 bits per heavy atom. The standard InChI is InChI=1S/C27H30N2O7Si/c1-6-27(33)19-12-20-23-17(13-29(20)25(31)18(19)14-34-26(27)32)11-16-8-7-9-21(24(16)28-23)35-36-22(30)10-15(2)37(3,4)5/h7-9,11-12,15,33H,6,10,13-14H2,1-5H3/t15?,27-/m0/s1. The van der Waals surface area contributed by atoms with E-state index in [2.05, 4.69) is 19.6 Å². The number of hydrogen-bond acceptors (Lipinski definition) is 8. The van der Waals surface area contributed by atoms with Gasteiger partial charge in [-0.15, -0.1) is 0 Å². The van der Waals surface area contributed by atoms with E-state index in [9.17, 15) is 19.5 Å². The van der Waals surface area contributed by atoms with Crippen LogP contribution in [0.5, 0.6) is 5.75 Å². The third-order valence-corrected chi connectivity index (χ3v) is 10.8. The van der Waals surface area contributed by atoms with Gasteiger partial charge in [-0.3, -0.25) is 14.6 Å². The van der Waals surface area contributed by atoms with Gasteiger partial charge in [0, 0.05) is 24.6 Å². The highest BCUT2D eigenvalue weighted by Gasteiger charge is 2.45. The molecular formula is C27H30N2O7Si. The van der Waals surface area contributed by atoms with E-state index in [-0.39, 0.29) is 47.4 Å². The number of carbonyl (C=O) groups excluding carboxylic acids is 2. The number of benzene rings is 1. The summed E-state index contributed by atoms with van der Waals surface area (Å²) in [6, 6.07) is 8.88. The van der Waals surface area contributed by atoms with Crippen molar-refractivity contribution in [3.05, 3.63) is 57.4 Å². The number of fused-ring (bicyclic) bond motifs is 5. The molecule has 194 valence electrons. The van der Waals surface area contributed by atoms with Crippen molar-refractivity contribution in [2.45, 2.75) is 70.6 Å². The lowest BCUT2D eigenvalue weighted by Gasteiger charge is -2.31. The Balaban J connectivity index is 1.52. The molecule has 37 heavy (non-hydrogen) atoms. The number of esters is 1. The number of rotatable bonds is 6. The Labute approximate surface area is 214 Å². The van der Waals surface area contributed by atoms with Gasteiger partial charge in [-0.05, 0) is 30.2 Å². The molecule has 1 N–H and O–H groups in total. The zero-order valence-electron chi connectivity index (χ0n) is 21.6. The molecule has 0 saturated heterocycles. The van der Waals surface area contributed by atoms with E-state index in [1.54, 1.807) is 29.7 Å². The van der Waals surface area contributed by atoms with Gasteiger partial charge in [-0.25, -0.2) is 14.6 Å². The molecule has 5 rings (SSSR count). The first kappa shape index (κ1) is 25.2. The Kier molecular flexibility index (Phi) is 5.99. The fourth-order valence-electron chi connectivity index (χ4n) is 4.73. The van der Waals surface area contributed by atoms with E-state index in [0.717, 1.165) is 10.9 Å². The smallest absolute Gasteiger partial charge is 0.355 e. The number of cyclic esters (lactones) is 1. The lowest BCUT2D eigenvalue weighted by Crippen LogP contribution is -2.44. The van der Waals surface area contributed by atoms with Crippen molar-refractivity contribution in [1.82, 2.24) is 9.55 Å². The van der Waals surface area contributed by atoms with E-state index < -0.39 is 25.6 Å². The molecule has 2 aliphatic rings. The third-order valence-electron chi connectivity index (χ3n) is 7.68. The number of hydrogen-bond donors (Lipinski definition) is 1. The number of para-hydroxylation sites is 1. The molecule has 1 unspecified atom stereocenters. The molecule has 10 heteroatoms. The highest BCUT2D eigenvalue weighted by molar-refractivity contribution is 6.77. The Hall–Kier alpha value is -3.50. The van der Waals surface area contributed by atoms with Gasteiger partial charge in [-0.1, -0.05) is 45.6 Å². The van der Waals surface area contributed by atoms with Crippen molar-refractivity contribution in [2.24, 2.45) is 0 Å². The molecule has 2 aromatic heterocycles. The summed E-state index contributed by atoms with van der Waals surface area (Å²) in [4.78, 5) is 53.5. The van der Waals surface area contributed by atoms with Crippen LogP contribution >= 0.6 is 0 Å². The number of ether oxygens (including phenoxy) is 1. The summed E-state index contributed by atoms with van der Waals surface area (Å²) >= 11 is 0. The lowest BCUT2D eigenvalue weighted by molar-refractivity contribution is -0.213. The zero-order valence-corrected chi connectivity index (χ0v) is 22.6. The minimum atomic E-state index is -1.89. The second kappa shape index (κ2) is 8.81. The van der Waals surface area contributed by atoms with Gasteiger partial charge in [0.1, 0.15) is 12.1 Å². The van der Waals surface area contributed by atoms with E-state index in [1.807, 2.05) is 19.1 Å². The molecule has 2 aliphatic heterocycles. The predicted octanol–water partition coefficient (Wildman–Crippen LogP) is 4.04. The molecule has 0 radical (unpaired) electrons. The van der Waals surface area contributed by atoms with Crippen LogP contribution in [-0.4, -0.2) is 34.7 Å². The van der Waals surface area contributed by atoms with Crippen LogP contribution < -0.4 is 10.4 Å². The number of aliphatic hydroxyl groups is 1. The van der Waals surface area contributed by atoms with E-state index in [4.69, 9.17) is 19.5 Å². The van der Waals surface area contributed by atoms with Crippen LogP contribution in [0.2, 0.25) is 25.2 Å². The minimum Gasteiger partial charge on any atom is -0.458 e. The average molecular weight is 523 g/mol. The maximum absolute atomic E-state index is 13.3. The van der Waals surface area contributed by atoms with Crippen molar-refractivity contribution >= 4 is 30.9 Å². The molecular weight excluding hydrogens is 492 g/mol. The Morgan fingerprint density at radius 1 is 1.27 bits per heavy atom. The lowest BCUT2D eigenvalue weighted by atomic mass is 9.86. The van der Waals surface area contributed by atoms with Crippen molar-refractivity contribution in [3.63, 3.8) is 0 Å². The molecule has 0 saturated carbocycles. The number of carbonyl (C=O) groups is 2. The van der Waals surface area contributed by atoms with Crippen LogP contribution in [0.15, 0.2) is 35.1 Å². The third kappa shape index (κ3) is 4.13. The van der Waals surface area contributed by atoms with E-state index in [1.165, 1.54) is 0 Å². The second-order valence-electron chi connectivity index (χ2n) is 10.9. The topological polar surface area (TPSA) is 117 Å². The monoisotopic (exact) mass is 522 g/mol. The van der Waals surface area contributed by atoms with Crippen LogP contribution in [0.1, 0.15) is 43.4 Å². The van der Waals surface area contributed by atoms with Crippen LogP contribution in [-0.2, 0) is 38.0 Å².